The number of fused-ring (bicyclic) bond motifs is 1. The highest BCUT2D eigenvalue weighted by Crippen LogP contribution is 2.20. The SMILES string of the molecule is O=C(Nc1cc(-c2nc3ccccc3[nH]2)[nH]n1)c1ccco1. The van der Waals surface area contributed by atoms with Crippen molar-refractivity contribution >= 4 is 22.8 Å². The fraction of sp³-hybridized carbons (Fsp3) is 0. The lowest BCUT2D eigenvalue weighted by Gasteiger charge is -1.96. The molecule has 0 spiro atoms. The first-order valence-electron chi connectivity index (χ1n) is 6.65. The minimum atomic E-state index is -0.354. The Morgan fingerprint density at radius 3 is 2.91 bits per heavy atom. The zero-order valence-electron chi connectivity index (χ0n) is 11.3. The van der Waals surface area contributed by atoms with Crippen LogP contribution in [0.25, 0.3) is 22.6 Å². The summed E-state index contributed by atoms with van der Waals surface area (Å²) in [5.41, 5.74) is 2.49. The van der Waals surface area contributed by atoms with Gasteiger partial charge in [-0.25, -0.2) is 4.98 Å². The molecule has 4 aromatic rings. The van der Waals surface area contributed by atoms with E-state index in [4.69, 9.17) is 4.42 Å². The number of aromatic amines is 2. The van der Waals surface area contributed by atoms with Crippen molar-refractivity contribution in [3.8, 4) is 11.5 Å². The van der Waals surface area contributed by atoms with Gasteiger partial charge >= 0.3 is 0 Å². The molecular weight excluding hydrogens is 282 g/mol. The van der Waals surface area contributed by atoms with E-state index in [1.54, 1.807) is 18.2 Å². The number of benzene rings is 1. The normalized spacial score (nSPS) is 10.9. The van der Waals surface area contributed by atoms with E-state index in [1.807, 2.05) is 24.3 Å². The lowest BCUT2D eigenvalue weighted by atomic mass is 10.3. The van der Waals surface area contributed by atoms with Crippen LogP contribution in [-0.4, -0.2) is 26.1 Å². The van der Waals surface area contributed by atoms with Gasteiger partial charge in [-0.2, -0.15) is 5.10 Å². The molecule has 1 amide bonds. The molecule has 0 fully saturated rings. The smallest absolute Gasteiger partial charge is 0.292 e. The molecule has 0 bridgehead atoms. The van der Waals surface area contributed by atoms with E-state index in [1.165, 1.54) is 6.26 Å². The fourth-order valence-electron chi connectivity index (χ4n) is 2.17. The van der Waals surface area contributed by atoms with Crippen LogP contribution in [0.2, 0.25) is 0 Å². The molecule has 3 heterocycles. The van der Waals surface area contributed by atoms with Crippen molar-refractivity contribution in [2.75, 3.05) is 5.32 Å². The molecule has 3 N–H and O–H groups in total. The van der Waals surface area contributed by atoms with Gasteiger partial charge in [0.2, 0.25) is 0 Å². The summed E-state index contributed by atoms with van der Waals surface area (Å²) in [7, 11) is 0. The van der Waals surface area contributed by atoms with Gasteiger partial charge < -0.3 is 14.7 Å². The second kappa shape index (κ2) is 4.88. The van der Waals surface area contributed by atoms with Gasteiger partial charge in [0.1, 0.15) is 5.69 Å². The van der Waals surface area contributed by atoms with Crippen molar-refractivity contribution < 1.29 is 9.21 Å². The lowest BCUT2D eigenvalue weighted by Crippen LogP contribution is -2.10. The average Bonchev–Trinajstić information content (AvgIpc) is 3.26. The third-order valence-electron chi connectivity index (χ3n) is 3.21. The number of amides is 1. The largest absolute Gasteiger partial charge is 0.459 e. The molecule has 7 heteroatoms. The Balaban J connectivity index is 1.59. The van der Waals surface area contributed by atoms with E-state index in [9.17, 15) is 4.79 Å². The Morgan fingerprint density at radius 2 is 2.09 bits per heavy atom. The number of carbonyl (C=O) groups is 1. The third-order valence-corrected chi connectivity index (χ3v) is 3.21. The summed E-state index contributed by atoms with van der Waals surface area (Å²) >= 11 is 0. The Morgan fingerprint density at radius 1 is 1.18 bits per heavy atom. The molecule has 0 saturated carbocycles. The summed E-state index contributed by atoms with van der Waals surface area (Å²) < 4.78 is 5.03. The van der Waals surface area contributed by atoms with Crippen LogP contribution in [0.5, 0.6) is 0 Å². The monoisotopic (exact) mass is 293 g/mol. The van der Waals surface area contributed by atoms with Crippen molar-refractivity contribution in [1.29, 1.82) is 0 Å². The van der Waals surface area contributed by atoms with E-state index in [0.717, 1.165) is 11.0 Å². The molecule has 0 aliphatic heterocycles. The molecule has 4 rings (SSSR count). The number of furan rings is 1. The molecule has 108 valence electrons. The highest BCUT2D eigenvalue weighted by molar-refractivity contribution is 6.01. The molecule has 22 heavy (non-hydrogen) atoms. The van der Waals surface area contributed by atoms with Crippen LogP contribution < -0.4 is 5.32 Å². The number of carbonyl (C=O) groups excluding carboxylic acids is 1. The van der Waals surface area contributed by atoms with Crippen LogP contribution in [0, 0.1) is 0 Å². The first kappa shape index (κ1) is 12.4. The van der Waals surface area contributed by atoms with Crippen LogP contribution in [0.4, 0.5) is 5.82 Å². The van der Waals surface area contributed by atoms with E-state index in [-0.39, 0.29) is 11.7 Å². The van der Waals surface area contributed by atoms with E-state index >= 15 is 0 Å². The highest BCUT2D eigenvalue weighted by atomic mass is 16.3. The number of H-pyrrole nitrogens is 2. The number of nitrogens with one attached hydrogen (secondary N) is 3. The Kier molecular flexibility index (Phi) is 2.75. The molecule has 0 saturated heterocycles. The number of anilines is 1. The van der Waals surface area contributed by atoms with E-state index < -0.39 is 0 Å². The number of hydrogen-bond acceptors (Lipinski definition) is 4. The quantitative estimate of drug-likeness (QED) is 0.540. The first-order valence-corrected chi connectivity index (χ1v) is 6.65. The van der Waals surface area contributed by atoms with Gasteiger partial charge in [0.05, 0.1) is 17.3 Å². The summed E-state index contributed by atoms with van der Waals surface area (Å²) in [5, 5.41) is 9.55. The zero-order chi connectivity index (χ0) is 14.9. The average molecular weight is 293 g/mol. The lowest BCUT2D eigenvalue weighted by molar-refractivity contribution is 0.0996. The Bertz CT molecular complexity index is 903. The minimum absolute atomic E-state index is 0.230. The van der Waals surface area contributed by atoms with E-state index in [0.29, 0.717) is 17.3 Å². The Labute approximate surface area is 124 Å². The van der Waals surface area contributed by atoms with Crippen LogP contribution in [-0.2, 0) is 0 Å². The molecule has 0 atom stereocenters. The Hall–Kier alpha value is -3.35. The summed E-state index contributed by atoms with van der Waals surface area (Å²) in [5.74, 6) is 0.935. The van der Waals surface area contributed by atoms with Crippen LogP contribution >= 0.6 is 0 Å². The number of aromatic nitrogens is 4. The third kappa shape index (κ3) is 2.14. The minimum Gasteiger partial charge on any atom is -0.459 e. The van der Waals surface area contributed by atoms with Crippen molar-refractivity contribution in [2.24, 2.45) is 0 Å². The van der Waals surface area contributed by atoms with Crippen molar-refractivity contribution in [3.05, 3.63) is 54.5 Å². The molecular formula is C15H11N5O2. The zero-order valence-corrected chi connectivity index (χ0v) is 11.3. The number of hydrogen-bond donors (Lipinski definition) is 3. The predicted molar refractivity (Wildman–Crippen MR) is 80.3 cm³/mol. The number of rotatable bonds is 3. The standard InChI is InChI=1S/C15H11N5O2/c21-15(12-6-3-7-22-12)18-13-8-11(19-20-13)14-16-9-4-1-2-5-10(9)17-14/h1-8H,(H,16,17)(H2,18,19,20,21). The molecule has 7 nitrogen and oxygen atoms in total. The summed E-state index contributed by atoms with van der Waals surface area (Å²) in [6, 6.07) is 12.7. The summed E-state index contributed by atoms with van der Waals surface area (Å²) in [4.78, 5) is 19.5. The van der Waals surface area contributed by atoms with Gasteiger partial charge in [-0.05, 0) is 24.3 Å². The summed E-state index contributed by atoms with van der Waals surface area (Å²) in [6.07, 6.45) is 1.44. The van der Waals surface area contributed by atoms with Crippen molar-refractivity contribution in [2.45, 2.75) is 0 Å². The van der Waals surface area contributed by atoms with Crippen molar-refractivity contribution in [3.63, 3.8) is 0 Å². The molecule has 1 aromatic carbocycles. The molecule has 0 aliphatic rings. The van der Waals surface area contributed by atoms with Gasteiger partial charge in [0.25, 0.3) is 5.91 Å². The van der Waals surface area contributed by atoms with Crippen LogP contribution in [0.3, 0.4) is 0 Å². The van der Waals surface area contributed by atoms with Crippen LogP contribution in [0.15, 0.2) is 53.1 Å². The van der Waals surface area contributed by atoms with Gasteiger partial charge in [0, 0.05) is 6.07 Å². The molecule has 0 unspecified atom stereocenters. The van der Waals surface area contributed by atoms with Crippen LogP contribution in [0.1, 0.15) is 10.6 Å². The number of para-hydroxylation sites is 2. The van der Waals surface area contributed by atoms with E-state index in [2.05, 4.69) is 25.5 Å². The maximum Gasteiger partial charge on any atom is 0.292 e. The first-order chi connectivity index (χ1) is 10.8. The van der Waals surface area contributed by atoms with Crippen molar-refractivity contribution in [1.82, 2.24) is 20.2 Å². The highest BCUT2D eigenvalue weighted by Gasteiger charge is 2.13. The van der Waals surface area contributed by atoms with Gasteiger partial charge in [-0.3, -0.25) is 9.89 Å². The predicted octanol–water partition coefficient (Wildman–Crippen LogP) is 2.80. The second-order valence-corrected chi connectivity index (χ2v) is 4.70. The fourth-order valence-corrected chi connectivity index (χ4v) is 2.17. The number of nitrogens with zero attached hydrogens (tertiary/aromatic N) is 2. The second-order valence-electron chi connectivity index (χ2n) is 4.70. The molecule has 3 aromatic heterocycles. The maximum absolute atomic E-state index is 11.9. The summed E-state index contributed by atoms with van der Waals surface area (Å²) in [6.45, 7) is 0. The number of imidazole rings is 1. The molecule has 0 radical (unpaired) electrons. The van der Waals surface area contributed by atoms with Gasteiger partial charge in [-0.1, -0.05) is 12.1 Å². The topological polar surface area (TPSA) is 99.6 Å². The maximum atomic E-state index is 11.9. The van der Waals surface area contributed by atoms with Gasteiger partial charge in [-0.15, -0.1) is 0 Å². The molecule has 0 aliphatic carbocycles. The van der Waals surface area contributed by atoms with Gasteiger partial charge in [0.15, 0.2) is 17.4 Å².